The summed E-state index contributed by atoms with van der Waals surface area (Å²) in [5, 5.41) is 7.63. The normalized spacial score (nSPS) is 17.9. The molecule has 1 aromatic carbocycles. The fraction of sp³-hybridized carbons (Fsp3) is 0.650. The lowest BCUT2D eigenvalue weighted by Crippen LogP contribution is -2.48. The van der Waals surface area contributed by atoms with Crippen LogP contribution < -0.4 is 10.6 Å². The molecule has 1 unspecified atom stereocenters. The molecule has 0 bridgehead atoms. The predicted molar refractivity (Wildman–Crippen MR) is 112 cm³/mol. The van der Waals surface area contributed by atoms with E-state index in [1.54, 1.807) is 0 Å². The summed E-state index contributed by atoms with van der Waals surface area (Å²) in [5.74, 6) is 1.46. The molecule has 5 nitrogen and oxygen atoms in total. The fourth-order valence-corrected chi connectivity index (χ4v) is 3.52. The highest BCUT2D eigenvalue weighted by Crippen LogP contribution is 2.10. The first kappa shape index (κ1) is 21.0. The number of guanidine groups is 1. The summed E-state index contributed by atoms with van der Waals surface area (Å²) in [6, 6.07) is 8.01. The first-order valence-electron chi connectivity index (χ1n) is 9.74. The molecule has 0 radical (unpaired) electrons. The molecule has 0 amide bonds. The number of nitrogens with one attached hydrogen (secondary N) is 2. The Morgan fingerprint density at radius 2 is 1.92 bits per heavy atom. The number of nitrogens with zero attached hydrogens (tertiary/aromatic N) is 3. The summed E-state index contributed by atoms with van der Waals surface area (Å²) in [6.45, 7) is 13.4. The van der Waals surface area contributed by atoms with Gasteiger partial charge in [-0.05, 0) is 36.6 Å². The molecule has 6 heteroatoms. The van der Waals surface area contributed by atoms with Crippen molar-refractivity contribution in [1.82, 2.24) is 20.4 Å². The molecule has 1 atom stereocenters. The van der Waals surface area contributed by atoms with E-state index in [1.807, 2.05) is 25.2 Å². The molecule has 0 spiro atoms. The molecule has 1 aliphatic heterocycles. The number of halogens is 1. The van der Waals surface area contributed by atoms with Crippen molar-refractivity contribution in [2.24, 2.45) is 10.9 Å². The van der Waals surface area contributed by atoms with Crippen molar-refractivity contribution in [3.63, 3.8) is 0 Å². The van der Waals surface area contributed by atoms with Gasteiger partial charge in [0.2, 0.25) is 0 Å². The maximum Gasteiger partial charge on any atom is 0.190 e. The van der Waals surface area contributed by atoms with Gasteiger partial charge in [-0.3, -0.25) is 4.99 Å². The molecule has 146 valence electrons. The monoisotopic (exact) mass is 379 g/mol. The van der Waals surface area contributed by atoms with Crippen molar-refractivity contribution in [1.29, 1.82) is 0 Å². The number of rotatable bonds is 8. The van der Waals surface area contributed by atoms with Crippen LogP contribution in [-0.2, 0) is 6.42 Å². The summed E-state index contributed by atoms with van der Waals surface area (Å²) in [7, 11) is 1.82. The highest BCUT2D eigenvalue weighted by molar-refractivity contribution is 6.30. The van der Waals surface area contributed by atoms with Crippen LogP contribution in [0, 0.1) is 5.92 Å². The summed E-state index contributed by atoms with van der Waals surface area (Å²) in [5.41, 5.74) is 1.24. The van der Waals surface area contributed by atoms with Gasteiger partial charge >= 0.3 is 0 Å². The van der Waals surface area contributed by atoms with E-state index >= 15 is 0 Å². The van der Waals surface area contributed by atoms with Crippen LogP contribution in [0.4, 0.5) is 0 Å². The molecular formula is C20H34ClN5. The van der Waals surface area contributed by atoms with E-state index < -0.39 is 0 Å². The Balaban J connectivity index is 1.63. The van der Waals surface area contributed by atoms with Crippen molar-refractivity contribution in [3.05, 3.63) is 34.9 Å². The van der Waals surface area contributed by atoms with Crippen LogP contribution >= 0.6 is 11.6 Å². The number of aliphatic imine (C=N–C) groups is 1. The Morgan fingerprint density at radius 3 is 2.58 bits per heavy atom. The van der Waals surface area contributed by atoms with Crippen LogP contribution in [-0.4, -0.2) is 75.2 Å². The number of hydrogen-bond acceptors (Lipinski definition) is 3. The molecule has 0 aromatic heterocycles. The Labute approximate surface area is 163 Å². The topological polar surface area (TPSA) is 42.9 Å². The van der Waals surface area contributed by atoms with Gasteiger partial charge in [0.25, 0.3) is 0 Å². The van der Waals surface area contributed by atoms with Gasteiger partial charge in [-0.1, -0.05) is 37.6 Å². The van der Waals surface area contributed by atoms with Gasteiger partial charge in [-0.2, -0.15) is 0 Å². The largest absolute Gasteiger partial charge is 0.356 e. The quantitative estimate of drug-likeness (QED) is 0.537. The van der Waals surface area contributed by atoms with Crippen molar-refractivity contribution < 1.29 is 0 Å². The van der Waals surface area contributed by atoms with Crippen LogP contribution in [0.2, 0.25) is 5.02 Å². The Morgan fingerprint density at radius 1 is 1.19 bits per heavy atom. The number of piperazine rings is 1. The van der Waals surface area contributed by atoms with Crippen molar-refractivity contribution in [2.45, 2.75) is 20.3 Å². The zero-order chi connectivity index (χ0) is 18.8. The summed E-state index contributed by atoms with van der Waals surface area (Å²) in [4.78, 5) is 9.42. The highest BCUT2D eigenvalue weighted by atomic mass is 35.5. The third-order valence-corrected chi connectivity index (χ3v) is 5.15. The number of benzene rings is 1. The SMILES string of the molecule is CCN1CCN(CC(C)CNC(=NC)NCCc2cccc(Cl)c2)CC1. The molecule has 1 heterocycles. The molecule has 1 fully saturated rings. The fourth-order valence-electron chi connectivity index (χ4n) is 3.30. The van der Waals surface area contributed by atoms with E-state index in [9.17, 15) is 0 Å². The van der Waals surface area contributed by atoms with Gasteiger partial charge in [0, 0.05) is 57.9 Å². The van der Waals surface area contributed by atoms with Gasteiger partial charge in [-0.15, -0.1) is 0 Å². The molecular weight excluding hydrogens is 346 g/mol. The van der Waals surface area contributed by atoms with Gasteiger partial charge in [-0.25, -0.2) is 0 Å². The minimum absolute atomic E-state index is 0.592. The molecule has 2 N–H and O–H groups in total. The average Bonchev–Trinajstić information content (AvgIpc) is 2.65. The zero-order valence-electron chi connectivity index (χ0n) is 16.5. The van der Waals surface area contributed by atoms with Crippen LogP contribution in [0.15, 0.2) is 29.3 Å². The van der Waals surface area contributed by atoms with E-state index in [1.165, 1.54) is 38.3 Å². The lowest BCUT2D eigenvalue weighted by atomic mass is 10.1. The Hall–Kier alpha value is -1.30. The lowest BCUT2D eigenvalue weighted by Gasteiger charge is -2.35. The molecule has 26 heavy (non-hydrogen) atoms. The minimum atomic E-state index is 0.592. The van der Waals surface area contributed by atoms with Gasteiger partial charge < -0.3 is 20.4 Å². The number of hydrogen-bond donors (Lipinski definition) is 2. The average molecular weight is 380 g/mol. The van der Waals surface area contributed by atoms with Gasteiger partial charge in [0.1, 0.15) is 0 Å². The van der Waals surface area contributed by atoms with E-state index in [2.05, 4.69) is 45.3 Å². The molecule has 1 aliphatic rings. The van der Waals surface area contributed by atoms with Crippen LogP contribution in [0.1, 0.15) is 19.4 Å². The smallest absolute Gasteiger partial charge is 0.190 e. The van der Waals surface area contributed by atoms with Crippen molar-refractivity contribution >= 4 is 17.6 Å². The lowest BCUT2D eigenvalue weighted by molar-refractivity contribution is 0.124. The maximum atomic E-state index is 6.03. The first-order chi connectivity index (χ1) is 12.6. The Bertz CT molecular complexity index is 555. The maximum absolute atomic E-state index is 6.03. The van der Waals surface area contributed by atoms with Crippen molar-refractivity contribution in [3.8, 4) is 0 Å². The third-order valence-electron chi connectivity index (χ3n) is 4.92. The van der Waals surface area contributed by atoms with Gasteiger partial charge in [0.05, 0.1) is 0 Å². The zero-order valence-corrected chi connectivity index (χ0v) is 17.2. The molecule has 1 saturated heterocycles. The second kappa shape index (κ2) is 11.4. The van der Waals surface area contributed by atoms with E-state index in [0.29, 0.717) is 5.92 Å². The van der Waals surface area contributed by atoms with Crippen molar-refractivity contribution in [2.75, 3.05) is 59.4 Å². The van der Waals surface area contributed by atoms with Crippen LogP contribution in [0.25, 0.3) is 0 Å². The summed E-state index contributed by atoms with van der Waals surface area (Å²) < 4.78 is 0. The minimum Gasteiger partial charge on any atom is -0.356 e. The predicted octanol–water partition coefficient (Wildman–Crippen LogP) is 2.32. The summed E-state index contributed by atoms with van der Waals surface area (Å²) >= 11 is 6.03. The first-order valence-corrected chi connectivity index (χ1v) is 10.1. The van der Waals surface area contributed by atoms with Crippen LogP contribution in [0.3, 0.4) is 0 Å². The summed E-state index contributed by atoms with van der Waals surface area (Å²) in [6.07, 6.45) is 0.929. The second-order valence-corrected chi connectivity index (χ2v) is 7.54. The molecule has 0 saturated carbocycles. The molecule has 2 rings (SSSR count). The third kappa shape index (κ3) is 7.52. The second-order valence-electron chi connectivity index (χ2n) is 7.10. The van der Waals surface area contributed by atoms with E-state index in [-0.39, 0.29) is 0 Å². The number of likely N-dealkylation sites (N-methyl/N-ethyl adjacent to an activating group) is 1. The Kier molecular flexibility index (Phi) is 9.23. The van der Waals surface area contributed by atoms with Gasteiger partial charge in [0.15, 0.2) is 5.96 Å². The molecule has 0 aliphatic carbocycles. The van der Waals surface area contributed by atoms with E-state index in [0.717, 1.165) is 37.0 Å². The molecule has 1 aromatic rings. The standard InChI is InChI=1S/C20H34ClN5/c1-4-25-10-12-26(13-11-25)16-17(2)15-24-20(22-3)23-9-8-18-6-5-7-19(21)14-18/h5-7,14,17H,4,8-13,15-16H2,1-3H3,(H2,22,23,24). The van der Waals surface area contributed by atoms with Crippen LogP contribution in [0.5, 0.6) is 0 Å². The highest BCUT2D eigenvalue weighted by Gasteiger charge is 2.17. The van der Waals surface area contributed by atoms with E-state index in [4.69, 9.17) is 11.6 Å².